The normalized spacial score (nSPS) is 15.7. The fraction of sp³-hybridized carbons (Fsp3) is 0.526. The van der Waals surface area contributed by atoms with Crippen molar-refractivity contribution in [1.82, 2.24) is 10.6 Å². The molecule has 0 aromatic heterocycles. The van der Waals surface area contributed by atoms with Gasteiger partial charge in [-0.2, -0.15) is 5.26 Å². The summed E-state index contributed by atoms with van der Waals surface area (Å²) in [4.78, 5) is 25.0. The van der Waals surface area contributed by atoms with Crippen LogP contribution < -0.4 is 15.4 Å². The fourth-order valence-corrected chi connectivity index (χ4v) is 3.31. The van der Waals surface area contributed by atoms with Crippen LogP contribution in [-0.2, 0) is 4.79 Å². The molecule has 0 heterocycles. The first kappa shape index (κ1) is 18.8. The molecule has 1 saturated carbocycles. The van der Waals surface area contributed by atoms with Gasteiger partial charge in [-0.05, 0) is 24.5 Å². The fourth-order valence-electron chi connectivity index (χ4n) is 3.31. The Hall–Kier alpha value is -2.55. The predicted octanol–water partition coefficient (Wildman–Crippen LogP) is 2.40. The monoisotopic (exact) mass is 343 g/mol. The van der Waals surface area contributed by atoms with E-state index in [4.69, 9.17) is 10.00 Å². The average Bonchev–Trinajstić information content (AvgIpc) is 2.66. The van der Waals surface area contributed by atoms with Crippen molar-refractivity contribution < 1.29 is 14.3 Å². The summed E-state index contributed by atoms with van der Waals surface area (Å²) in [6.45, 7) is -0.0650. The number of rotatable bonds is 7. The molecule has 1 aromatic carbocycles. The molecule has 0 radical (unpaired) electrons. The molecular weight excluding hydrogens is 318 g/mol. The molecule has 0 bridgehead atoms. The second-order valence-electron chi connectivity index (χ2n) is 6.34. The van der Waals surface area contributed by atoms with Gasteiger partial charge in [-0.1, -0.05) is 44.2 Å². The highest BCUT2D eigenvalue weighted by Crippen LogP contribution is 2.27. The molecule has 2 rings (SSSR count). The molecule has 0 spiro atoms. The van der Waals surface area contributed by atoms with Gasteiger partial charge >= 0.3 is 0 Å². The first-order valence-corrected chi connectivity index (χ1v) is 8.74. The van der Waals surface area contributed by atoms with Crippen molar-refractivity contribution >= 4 is 11.8 Å². The molecule has 1 atom stereocenters. The summed E-state index contributed by atoms with van der Waals surface area (Å²) in [6, 6.07) is 8.17. The second-order valence-corrected chi connectivity index (χ2v) is 6.34. The molecule has 0 aliphatic heterocycles. The zero-order valence-corrected chi connectivity index (χ0v) is 14.6. The molecule has 1 aliphatic rings. The highest BCUT2D eigenvalue weighted by atomic mass is 16.5. The standard InChI is InChI=1S/C19H25N3O3/c1-25-17-10-6-5-9-15(17)18(23)22-16(19(24)21-12-11-20)13-14-7-3-2-4-8-14/h5-6,9-10,14,16H,2-4,7-8,12-13H2,1H3,(H,21,24)(H,22,23)/t16-/m0/s1. The van der Waals surface area contributed by atoms with E-state index >= 15 is 0 Å². The summed E-state index contributed by atoms with van der Waals surface area (Å²) in [5.74, 6) is 0.235. The van der Waals surface area contributed by atoms with Gasteiger partial charge in [0.05, 0.1) is 18.7 Å². The van der Waals surface area contributed by atoms with Crippen LogP contribution in [0.3, 0.4) is 0 Å². The topological polar surface area (TPSA) is 91.2 Å². The van der Waals surface area contributed by atoms with Crippen LogP contribution in [0.5, 0.6) is 5.75 Å². The number of carbonyl (C=O) groups is 2. The minimum Gasteiger partial charge on any atom is -0.496 e. The summed E-state index contributed by atoms with van der Waals surface area (Å²) in [5, 5.41) is 14.1. The van der Waals surface area contributed by atoms with Crippen LogP contribution in [0.4, 0.5) is 0 Å². The maximum absolute atomic E-state index is 12.6. The third kappa shape index (κ3) is 5.49. The highest BCUT2D eigenvalue weighted by molar-refractivity contribution is 5.99. The van der Waals surface area contributed by atoms with E-state index in [0.29, 0.717) is 23.7 Å². The number of carbonyl (C=O) groups excluding carboxylic acids is 2. The molecule has 1 fully saturated rings. The average molecular weight is 343 g/mol. The van der Waals surface area contributed by atoms with Gasteiger partial charge in [0.15, 0.2) is 0 Å². The highest BCUT2D eigenvalue weighted by Gasteiger charge is 2.26. The number of para-hydroxylation sites is 1. The molecule has 6 heteroatoms. The quantitative estimate of drug-likeness (QED) is 0.744. The van der Waals surface area contributed by atoms with Crippen molar-refractivity contribution in [3.05, 3.63) is 29.8 Å². The van der Waals surface area contributed by atoms with E-state index in [-0.39, 0.29) is 18.4 Å². The molecule has 6 nitrogen and oxygen atoms in total. The van der Waals surface area contributed by atoms with E-state index in [0.717, 1.165) is 25.7 Å². The molecule has 1 aliphatic carbocycles. The first-order valence-electron chi connectivity index (χ1n) is 8.74. The number of nitriles is 1. The molecule has 25 heavy (non-hydrogen) atoms. The third-order valence-electron chi connectivity index (χ3n) is 4.61. The number of hydrogen-bond donors (Lipinski definition) is 2. The SMILES string of the molecule is COc1ccccc1C(=O)N[C@@H](CC1CCCCC1)C(=O)NCC#N. The van der Waals surface area contributed by atoms with Gasteiger partial charge in [0.25, 0.3) is 5.91 Å². The lowest BCUT2D eigenvalue weighted by atomic mass is 9.84. The molecule has 134 valence electrons. The van der Waals surface area contributed by atoms with Gasteiger partial charge in [-0.3, -0.25) is 9.59 Å². The molecule has 2 amide bonds. The van der Waals surface area contributed by atoms with Gasteiger partial charge in [0.2, 0.25) is 5.91 Å². The van der Waals surface area contributed by atoms with Crippen molar-refractivity contribution in [2.75, 3.05) is 13.7 Å². The lowest BCUT2D eigenvalue weighted by molar-refractivity contribution is -0.123. The summed E-state index contributed by atoms with van der Waals surface area (Å²) in [7, 11) is 1.51. The van der Waals surface area contributed by atoms with Crippen molar-refractivity contribution in [1.29, 1.82) is 5.26 Å². The van der Waals surface area contributed by atoms with Gasteiger partial charge in [-0.15, -0.1) is 0 Å². The van der Waals surface area contributed by atoms with E-state index in [1.54, 1.807) is 24.3 Å². The van der Waals surface area contributed by atoms with Crippen molar-refractivity contribution in [3.63, 3.8) is 0 Å². The number of ether oxygens (including phenoxy) is 1. The lowest BCUT2D eigenvalue weighted by Crippen LogP contribution is -2.48. The molecule has 1 aromatic rings. The Kier molecular flexibility index (Phi) is 7.27. The predicted molar refractivity (Wildman–Crippen MR) is 94.1 cm³/mol. The third-order valence-corrected chi connectivity index (χ3v) is 4.61. The van der Waals surface area contributed by atoms with Gasteiger partial charge in [0, 0.05) is 0 Å². The number of methoxy groups -OCH3 is 1. The maximum Gasteiger partial charge on any atom is 0.255 e. The Bertz CT molecular complexity index is 633. The maximum atomic E-state index is 12.6. The Balaban J connectivity index is 2.09. The number of hydrogen-bond acceptors (Lipinski definition) is 4. The number of amides is 2. The first-order chi connectivity index (χ1) is 12.2. The second kappa shape index (κ2) is 9.67. The summed E-state index contributed by atoms with van der Waals surface area (Å²) in [5.41, 5.74) is 0.395. The van der Waals surface area contributed by atoms with E-state index in [9.17, 15) is 9.59 Å². The summed E-state index contributed by atoms with van der Waals surface area (Å²) >= 11 is 0. The van der Waals surface area contributed by atoms with E-state index < -0.39 is 6.04 Å². The Morgan fingerprint density at radius 3 is 2.68 bits per heavy atom. The van der Waals surface area contributed by atoms with Crippen LogP contribution in [0.1, 0.15) is 48.9 Å². The summed E-state index contributed by atoms with van der Waals surface area (Å²) in [6.07, 6.45) is 6.31. The van der Waals surface area contributed by atoms with Crippen molar-refractivity contribution in [3.8, 4) is 11.8 Å². The van der Waals surface area contributed by atoms with Crippen LogP contribution in [0.25, 0.3) is 0 Å². The number of nitrogens with one attached hydrogen (secondary N) is 2. The zero-order valence-electron chi connectivity index (χ0n) is 14.6. The van der Waals surface area contributed by atoms with E-state index in [1.165, 1.54) is 13.5 Å². The zero-order chi connectivity index (χ0) is 18.1. The molecular formula is C19H25N3O3. The molecule has 2 N–H and O–H groups in total. The summed E-state index contributed by atoms with van der Waals surface area (Å²) < 4.78 is 5.22. The Morgan fingerprint density at radius 1 is 1.28 bits per heavy atom. The van der Waals surface area contributed by atoms with E-state index in [1.807, 2.05) is 6.07 Å². The number of benzene rings is 1. The van der Waals surface area contributed by atoms with Crippen LogP contribution in [-0.4, -0.2) is 31.5 Å². The van der Waals surface area contributed by atoms with Crippen LogP contribution in [0.15, 0.2) is 24.3 Å². The minimum atomic E-state index is -0.645. The Labute approximate surface area is 148 Å². The largest absolute Gasteiger partial charge is 0.496 e. The van der Waals surface area contributed by atoms with Crippen LogP contribution >= 0.6 is 0 Å². The van der Waals surface area contributed by atoms with Crippen LogP contribution in [0, 0.1) is 17.2 Å². The Morgan fingerprint density at radius 2 is 2.00 bits per heavy atom. The van der Waals surface area contributed by atoms with E-state index in [2.05, 4.69) is 10.6 Å². The van der Waals surface area contributed by atoms with Crippen molar-refractivity contribution in [2.45, 2.75) is 44.6 Å². The van der Waals surface area contributed by atoms with Crippen LogP contribution in [0.2, 0.25) is 0 Å². The number of nitrogens with zero attached hydrogens (tertiary/aromatic N) is 1. The smallest absolute Gasteiger partial charge is 0.255 e. The van der Waals surface area contributed by atoms with Crippen molar-refractivity contribution in [2.24, 2.45) is 5.92 Å². The van der Waals surface area contributed by atoms with Gasteiger partial charge in [-0.25, -0.2) is 0 Å². The molecule has 0 saturated heterocycles. The van der Waals surface area contributed by atoms with Gasteiger partial charge in [0.1, 0.15) is 18.3 Å². The lowest BCUT2D eigenvalue weighted by Gasteiger charge is -2.26. The molecule has 0 unspecified atom stereocenters. The van der Waals surface area contributed by atoms with Gasteiger partial charge < -0.3 is 15.4 Å². The minimum absolute atomic E-state index is 0.0650.